The summed E-state index contributed by atoms with van der Waals surface area (Å²) >= 11 is 0. The highest BCUT2D eigenvalue weighted by atomic mass is 16.5. The maximum Gasteiger partial charge on any atom is 0.207 e. The molecule has 0 amide bonds. The Kier molecular flexibility index (Phi) is 4.58. The minimum absolute atomic E-state index is 0.583. The van der Waals surface area contributed by atoms with E-state index in [1.54, 1.807) is 7.11 Å². The van der Waals surface area contributed by atoms with E-state index in [4.69, 9.17) is 4.74 Å². The number of ether oxygens (including phenoxy) is 1. The zero-order chi connectivity index (χ0) is 13.7. The zero-order valence-electron chi connectivity index (χ0n) is 11.8. The van der Waals surface area contributed by atoms with Crippen LogP contribution in [0.1, 0.15) is 19.4 Å². The van der Waals surface area contributed by atoms with Crippen LogP contribution in [0.2, 0.25) is 0 Å². The summed E-state index contributed by atoms with van der Waals surface area (Å²) in [7, 11) is 1.71. The van der Waals surface area contributed by atoms with Gasteiger partial charge in [-0.15, -0.1) is 0 Å². The number of methoxy groups -OCH3 is 1. The quantitative estimate of drug-likeness (QED) is 0.866. The Balaban J connectivity index is 2.29. The lowest BCUT2D eigenvalue weighted by Crippen LogP contribution is -2.12. The average molecular weight is 259 g/mol. The molecule has 4 heteroatoms. The zero-order valence-corrected chi connectivity index (χ0v) is 11.8. The van der Waals surface area contributed by atoms with Crippen molar-refractivity contribution >= 4 is 5.95 Å². The van der Waals surface area contributed by atoms with Gasteiger partial charge in [-0.1, -0.05) is 32.0 Å². The molecule has 1 aromatic heterocycles. The van der Waals surface area contributed by atoms with Crippen molar-refractivity contribution in [1.82, 2.24) is 9.55 Å². The third-order valence-electron chi connectivity index (χ3n) is 2.86. The van der Waals surface area contributed by atoms with Gasteiger partial charge in [0.25, 0.3) is 0 Å². The molecule has 1 heterocycles. The molecule has 102 valence electrons. The average Bonchev–Trinajstić information content (AvgIpc) is 2.85. The Hall–Kier alpha value is -1.81. The third kappa shape index (κ3) is 3.35. The fraction of sp³-hybridized carbons (Fsp3) is 0.400. The van der Waals surface area contributed by atoms with Crippen LogP contribution in [0.4, 0.5) is 5.95 Å². The summed E-state index contributed by atoms with van der Waals surface area (Å²) in [6, 6.07) is 8.21. The highest BCUT2D eigenvalue weighted by Gasteiger charge is 2.08. The molecule has 0 atom stereocenters. The highest BCUT2D eigenvalue weighted by molar-refractivity contribution is 5.47. The summed E-state index contributed by atoms with van der Waals surface area (Å²) in [4.78, 5) is 4.38. The molecule has 4 nitrogen and oxygen atoms in total. The van der Waals surface area contributed by atoms with Gasteiger partial charge in [-0.2, -0.15) is 0 Å². The molecule has 0 saturated heterocycles. The van der Waals surface area contributed by atoms with E-state index >= 15 is 0 Å². The first-order valence-corrected chi connectivity index (χ1v) is 6.56. The van der Waals surface area contributed by atoms with E-state index in [1.807, 2.05) is 24.5 Å². The lowest BCUT2D eigenvalue weighted by Gasteiger charge is -2.14. The van der Waals surface area contributed by atoms with Crippen LogP contribution in [0, 0.1) is 5.92 Å². The number of benzene rings is 1. The first-order chi connectivity index (χ1) is 9.22. The molecule has 0 aliphatic heterocycles. The number of hydrogen-bond acceptors (Lipinski definition) is 3. The fourth-order valence-electron chi connectivity index (χ4n) is 1.95. The van der Waals surface area contributed by atoms with E-state index in [-0.39, 0.29) is 0 Å². The van der Waals surface area contributed by atoms with E-state index in [1.165, 1.54) is 0 Å². The lowest BCUT2D eigenvalue weighted by molar-refractivity contribution is 0.185. The van der Waals surface area contributed by atoms with Crippen LogP contribution < -0.4 is 5.32 Å². The topological polar surface area (TPSA) is 39.1 Å². The third-order valence-corrected chi connectivity index (χ3v) is 2.86. The second-order valence-electron chi connectivity index (χ2n) is 4.96. The van der Waals surface area contributed by atoms with E-state index < -0.39 is 0 Å². The van der Waals surface area contributed by atoms with Gasteiger partial charge < -0.3 is 10.1 Å². The molecule has 0 spiro atoms. The van der Waals surface area contributed by atoms with Crippen LogP contribution in [-0.4, -0.2) is 23.2 Å². The highest BCUT2D eigenvalue weighted by Crippen LogP contribution is 2.19. The van der Waals surface area contributed by atoms with Crippen LogP contribution in [0.3, 0.4) is 0 Å². The molecule has 0 fully saturated rings. The van der Waals surface area contributed by atoms with Gasteiger partial charge in [0.15, 0.2) is 0 Å². The number of nitrogens with zero attached hydrogens (tertiary/aromatic N) is 2. The normalized spacial score (nSPS) is 10.9. The molecule has 19 heavy (non-hydrogen) atoms. The van der Waals surface area contributed by atoms with E-state index in [0.717, 1.165) is 23.7 Å². The maximum absolute atomic E-state index is 5.25. The van der Waals surface area contributed by atoms with Crippen LogP contribution >= 0.6 is 0 Å². The Labute approximate surface area is 114 Å². The second kappa shape index (κ2) is 6.38. The number of aromatic nitrogens is 2. The second-order valence-corrected chi connectivity index (χ2v) is 4.96. The van der Waals surface area contributed by atoms with Gasteiger partial charge >= 0.3 is 0 Å². The number of imidazole rings is 1. The van der Waals surface area contributed by atoms with Crippen LogP contribution in [0.15, 0.2) is 36.7 Å². The van der Waals surface area contributed by atoms with Crippen molar-refractivity contribution < 1.29 is 4.74 Å². The van der Waals surface area contributed by atoms with Gasteiger partial charge in [-0.25, -0.2) is 4.98 Å². The van der Waals surface area contributed by atoms with Crippen molar-refractivity contribution in [2.24, 2.45) is 5.92 Å². The predicted octanol–water partition coefficient (Wildman–Crippen LogP) is 3.09. The Morgan fingerprint density at radius 3 is 2.84 bits per heavy atom. The molecule has 0 aliphatic rings. The first-order valence-electron chi connectivity index (χ1n) is 6.56. The molecule has 1 aromatic carbocycles. The van der Waals surface area contributed by atoms with Crippen molar-refractivity contribution in [1.29, 1.82) is 0 Å². The molecule has 0 unspecified atom stereocenters. The molecule has 2 rings (SSSR count). The van der Waals surface area contributed by atoms with Crippen molar-refractivity contribution in [2.75, 3.05) is 19.0 Å². The number of rotatable bonds is 6. The van der Waals surface area contributed by atoms with Gasteiger partial charge in [0.1, 0.15) is 0 Å². The van der Waals surface area contributed by atoms with Gasteiger partial charge in [-0.05, 0) is 12.0 Å². The molecule has 2 aromatic rings. The minimum Gasteiger partial charge on any atom is -0.380 e. The number of para-hydroxylation sites is 1. The number of hydrogen-bond donors (Lipinski definition) is 1. The summed E-state index contributed by atoms with van der Waals surface area (Å²) in [5.74, 6) is 1.46. The Morgan fingerprint density at radius 2 is 2.11 bits per heavy atom. The summed E-state index contributed by atoms with van der Waals surface area (Å²) in [6.45, 7) is 5.86. The molecular weight excluding hydrogens is 238 g/mol. The Morgan fingerprint density at radius 1 is 1.32 bits per heavy atom. The van der Waals surface area contributed by atoms with Crippen LogP contribution in [-0.2, 0) is 11.3 Å². The molecular formula is C15H21N3O. The monoisotopic (exact) mass is 259 g/mol. The molecule has 1 N–H and O–H groups in total. The van der Waals surface area contributed by atoms with Crippen molar-refractivity contribution in [2.45, 2.75) is 20.5 Å². The molecule has 0 aliphatic carbocycles. The van der Waals surface area contributed by atoms with Gasteiger partial charge in [-0.3, -0.25) is 4.57 Å². The largest absolute Gasteiger partial charge is 0.380 e. The number of nitrogens with one attached hydrogen (secondary N) is 1. The van der Waals surface area contributed by atoms with Gasteiger partial charge in [0.2, 0.25) is 5.95 Å². The Bertz CT molecular complexity index is 520. The smallest absolute Gasteiger partial charge is 0.207 e. The first kappa shape index (κ1) is 13.6. The SMILES string of the molecule is COCc1ccccc1-n1ccnc1NCC(C)C. The summed E-state index contributed by atoms with van der Waals surface area (Å²) < 4.78 is 7.32. The van der Waals surface area contributed by atoms with E-state index in [0.29, 0.717) is 12.5 Å². The van der Waals surface area contributed by atoms with Gasteiger partial charge in [0, 0.05) is 31.6 Å². The summed E-state index contributed by atoms with van der Waals surface area (Å²) in [6.07, 6.45) is 3.78. The van der Waals surface area contributed by atoms with E-state index in [2.05, 4.69) is 40.8 Å². The fourth-order valence-corrected chi connectivity index (χ4v) is 1.95. The van der Waals surface area contributed by atoms with Crippen LogP contribution in [0.5, 0.6) is 0 Å². The van der Waals surface area contributed by atoms with Crippen molar-refractivity contribution in [3.05, 3.63) is 42.2 Å². The lowest BCUT2D eigenvalue weighted by atomic mass is 10.2. The molecule has 0 bridgehead atoms. The molecule has 0 saturated carbocycles. The maximum atomic E-state index is 5.25. The molecule has 0 radical (unpaired) electrons. The number of anilines is 1. The summed E-state index contributed by atoms with van der Waals surface area (Å²) in [5.41, 5.74) is 2.25. The van der Waals surface area contributed by atoms with E-state index in [9.17, 15) is 0 Å². The summed E-state index contributed by atoms with van der Waals surface area (Å²) in [5, 5.41) is 3.37. The minimum atomic E-state index is 0.583. The van der Waals surface area contributed by atoms with Crippen molar-refractivity contribution in [3.8, 4) is 5.69 Å². The standard InChI is InChI=1S/C15H21N3O/c1-12(2)10-17-15-16-8-9-18(15)14-7-5-4-6-13(14)11-19-3/h4-9,12H,10-11H2,1-3H3,(H,16,17). The van der Waals surface area contributed by atoms with Crippen LogP contribution in [0.25, 0.3) is 5.69 Å². The predicted molar refractivity (Wildman–Crippen MR) is 77.6 cm³/mol. The van der Waals surface area contributed by atoms with Gasteiger partial charge in [0.05, 0.1) is 12.3 Å². The van der Waals surface area contributed by atoms with Crippen molar-refractivity contribution in [3.63, 3.8) is 0 Å².